The molecule has 0 fully saturated rings. The number of rotatable bonds is 24. The van der Waals surface area contributed by atoms with Crippen LogP contribution in [0.2, 0.25) is 0 Å². The molecule has 0 aliphatic rings. The first kappa shape index (κ1) is 36.0. The Bertz CT molecular complexity index is 443. The molecular weight excluding hydrogens is 446 g/mol. The molecule has 5 nitrogen and oxygen atoms in total. The minimum Gasteiger partial charge on any atom is -0.726 e. The summed E-state index contributed by atoms with van der Waals surface area (Å²) < 4.78 is 34.2. The van der Waals surface area contributed by atoms with E-state index < -0.39 is 10.4 Å². The molecule has 6 heteroatoms. The monoisotopic (exact) mass is 507 g/mol. The molecule has 0 aromatic carbocycles. The highest BCUT2D eigenvalue weighted by molar-refractivity contribution is 7.79. The van der Waals surface area contributed by atoms with Gasteiger partial charge in [-0.15, -0.1) is 0 Å². The van der Waals surface area contributed by atoms with Crippen LogP contribution in [0.3, 0.4) is 0 Å². The minimum absolute atomic E-state index is 1.36. The molecule has 0 saturated heterocycles. The number of hydrogen-bond acceptors (Lipinski definition) is 3. The van der Waals surface area contributed by atoms with Gasteiger partial charge in [-0.2, -0.15) is 0 Å². The van der Waals surface area contributed by atoms with E-state index in [9.17, 15) is 0 Å². The Balaban J connectivity index is 0. The molecule has 0 rings (SSSR count). The summed E-state index contributed by atoms with van der Waals surface area (Å²) in [5.41, 5.74) is 0. The molecular formula is C28H61NO4S. The first-order chi connectivity index (χ1) is 16.2. The van der Waals surface area contributed by atoms with Crippen LogP contribution < -0.4 is 0 Å². The highest BCUT2D eigenvalue weighted by Crippen LogP contribution is 2.16. The van der Waals surface area contributed by atoms with E-state index in [1.165, 1.54) is 159 Å². The fourth-order valence-electron chi connectivity index (χ4n) is 4.69. The zero-order chi connectivity index (χ0) is 26.0. The van der Waals surface area contributed by atoms with Gasteiger partial charge >= 0.3 is 0 Å². The van der Waals surface area contributed by atoms with Gasteiger partial charge in [-0.05, 0) is 38.5 Å². The smallest absolute Gasteiger partial charge is 0.215 e. The van der Waals surface area contributed by atoms with Crippen LogP contribution in [0.4, 0.5) is 0 Å². The number of hydrogen-bond donors (Lipinski definition) is 1. The molecule has 0 aromatic rings. The van der Waals surface area contributed by atoms with E-state index in [1.54, 1.807) is 0 Å². The molecule has 0 spiro atoms. The predicted octanol–water partition coefficient (Wildman–Crippen LogP) is 8.69. The first-order valence-corrected chi connectivity index (χ1v) is 16.1. The van der Waals surface area contributed by atoms with Crippen molar-refractivity contribution in [3.63, 3.8) is 0 Å². The van der Waals surface area contributed by atoms with Crippen molar-refractivity contribution in [2.75, 3.05) is 26.7 Å². The molecule has 0 unspecified atom stereocenters. The fourth-order valence-corrected chi connectivity index (χ4v) is 4.69. The normalized spacial score (nSPS) is 11.9. The van der Waals surface area contributed by atoms with Crippen molar-refractivity contribution < 1.29 is 22.0 Å². The Morgan fingerprint density at radius 3 is 0.882 bits per heavy atom. The van der Waals surface area contributed by atoms with Crippen LogP contribution in [0.5, 0.6) is 0 Å². The van der Waals surface area contributed by atoms with Crippen LogP contribution in [0.1, 0.15) is 156 Å². The summed E-state index contributed by atoms with van der Waals surface area (Å²) in [5, 5.41) is 0. The van der Waals surface area contributed by atoms with E-state index in [2.05, 4.69) is 27.8 Å². The summed E-state index contributed by atoms with van der Waals surface area (Å²) in [6.45, 7) is 11.2. The van der Waals surface area contributed by atoms with E-state index in [0.717, 1.165) is 0 Å². The van der Waals surface area contributed by atoms with Crippen molar-refractivity contribution in [1.29, 1.82) is 0 Å². The Kier molecular flexibility index (Phi) is 27.4. The van der Waals surface area contributed by atoms with Gasteiger partial charge in [0.1, 0.15) is 0 Å². The lowest BCUT2D eigenvalue weighted by Gasteiger charge is -2.35. The molecule has 0 radical (unpaired) electrons. The largest absolute Gasteiger partial charge is 0.726 e. The van der Waals surface area contributed by atoms with Crippen molar-refractivity contribution in [1.82, 2.24) is 0 Å². The summed E-state index contributed by atoms with van der Waals surface area (Å²) in [4.78, 5) is 0. The SMILES string of the molecule is CCCCCCCCC[N+](C)(CCCCCCCCC)CCCCCCCCC.O=S(=O)([O-])O. The Labute approximate surface area is 214 Å². The Morgan fingerprint density at radius 2 is 0.676 bits per heavy atom. The molecule has 0 aliphatic carbocycles. The van der Waals surface area contributed by atoms with E-state index in [1.807, 2.05) is 0 Å². The van der Waals surface area contributed by atoms with E-state index in [0.29, 0.717) is 0 Å². The lowest BCUT2D eigenvalue weighted by atomic mass is 10.1. The standard InChI is InChI=1S/C28H60N.H2O4S/c1-5-8-11-14-17-20-23-26-29(4,27-24-21-18-15-12-9-6-2)28-25-22-19-16-13-10-7-3;1-5(2,3)4/h5-28H2,1-4H3;(H2,1,2,3,4)/q+1;/p-1. The summed E-state index contributed by atoms with van der Waals surface area (Å²) in [7, 11) is -2.34. The van der Waals surface area contributed by atoms with E-state index in [-0.39, 0.29) is 0 Å². The molecule has 0 heterocycles. The minimum atomic E-state index is -4.92. The van der Waals surface area contributed by atoms with Crippen LogP contribution in [0.15, 0.2) is 0 Å². The maximum atomic E-state index is 8.63. The van der Waals surface area contributed by atoms with Gasteiger partial charge < -0.3 is 9.04 Å². The van der Waals surface area contributed by atoms with Gasteiger partial charge in [-0.25, -0.2) is 8.42 Å². The third-order valence-corrected chi connectivity index (χ3v) is 6.90. The van der Waals surface area contributed by atoms with Gasteiger partial charge in [0, 0.05) is 0 Å². The van der Waals surface area contributed by atoms with Crippen LogP contribution in [-0.2, 0) is 10.4 Å². The van der Waals surface area contributed by atoms with Crippen molar-refractivity contribution >= 4 is 10.4 Å². The highest BCUT2D eigenvalue weighted by Gasteiger charge is 2.20. The second kappa shape index (κ2) is 25.9. The van der Waals surface area contributed by atoms with Gasteiger partial charge in [0.2, 0.25) is 10.4 Å². The molecule has 208 valence electrons. The Morgan fingerprint density at radius 1 is 0.500 bits per heavy atom. The van der Waals surface area contributed by atoms with Crippen molar-refractivity contribution in [2.45, 2.75) is 156 Å². The maximum absolute atomic E-state index is 8.63. The van der Waals surface area contributed by atoms with E-state index >= 15 is 0 Å². The fraction of sp³-hybridized carbons (Fsp3) is 1.00. The highest BCUT2D eigenvalue weighted by atomic mass is 32.3. The lowest BCUT2D eigenvalue weighted by Crippen LogP contribution is -2.46. The van der Waals surface area contributed by atoms with Crippen molar-refractivity contribution in [2.24, 2.45) is 0 Å². The number of quaternary nitrogens is 1. The van der Waals surface area contributed by atoms with Gasteiger partial charge in [0.05, 0.1) is 26.7 Å². The average Bonchev–Trinajstić information content (AvgIpc) is 2.76. The molecule has 0 saturated carbocycles. The third kappa shape index (κ3) is 34.0. The quantitative estimate of drug-likeness (QED) is 0.0613. The van der Waals surface area contributed by atoms with Gasteiger partial charge in [0.25, 0.3) is 0 Å². The third-order valence-electron chi connectivity index (χ3n) is 6.90. The number of unbranched alkanes of at least 4 members (excludes halogenated alkanes) is 18. The van der Waals surface area contributed by atoms with Crippen LogP contribution in [0.25, 0.3) is 0 Å². The topological polar surface area (TPSA) is 77.4 Å². The molecule has 0 aliphatic heterocycles. The summed E-state index contributed by atoms with van der Waals surface area (Å²) >= 11 is 0. The van der Waals surface area contributed by atoms with Gasteiger partial charge in [-0.1, -0.05) is 117 Å². The first-order valence-electron chi connectivity index (χ1n) is 14.7. The molecule has 0 atom stereocenters. The number of nitrogens with zero attached hydrogens (tertiary/aromatic N) is 1. The van der Waals surface area contributed by atoms with Crippen molar-refractivity contribution in [3.8, 4) is 0 Å². The maximum Gasteiger partial charge on any atom is 0.215 e. The molecule has 0 aromatic heterocycles. The van der Waals surface area contributed by atoms with Gasteiger partial charge in [0.15, 0.2) is 0 Å². The van der Waals surface area contributed by atoms with Crippen molar-refractivity contribution in [3.05, 3.63) is 0 Å². The predicted molar refractivity (Wildman–Crippen MR) is 147 cm³/mol. The Hall–Kier alpha value is -0.170. The molecule has 34 heavy (non-hydrogen) atoms. The summed E-state index contributed by atoms with van der Waals surface area (Å²) in [6.07, 6.45) is 30.3. The van der Waals surface area contributed by atoms with Crippen LogP contribution in [0, 0.1) is 0 Å². The molecule has 0 amide bonds. The molecule has 0 bridgehead atoms. The summed E-state index contributed by atoms with van der Waals surface area (Å²) in [6, 6.07) is 0. The van der Waals surface area contributed by atoms with Gasteiger partial charge in [-0.3, -0.25) is 4.55 Å². The van der Waals surface area contributed by atoms with Crippen LogP contribution >= 0.6 is 0 Å². The second-order valence-electron chi connectivity index (χ2n) is 10.6. The van der Waals surface area contributed by atoms with Crippen LogP contribution in [-0.4, -0.2) is 48.7 Å². The molecule has 1 N–H and O–H groups in total. The van der Waals surface area contributed by atoms with E-state index in [4.69, 9.17) is 17.5 Å². The summed E-state index contributed by atoms with van der Waals surface area (Å²) in [5.74, 6) is 0. The zero-order valence-electron chi connectivity index (χ0n) is 23.5. The zero-order valence-corrected chi connectivity index (χ0v) is 24.3. The second-order valence-corrected chi connectivity index (χ2v) is 11.4. The lowest BCUT2D eigenvalue weighted by molar-refractivity contribution is -0.910. The average molecular weight is 508 g/mol.